The first kappa shape index (κ1) is 17.5. The van der Waals surface area contributed by atoms with Crippen molar-refractivity contribution in [1.82, 2.24) is 5.32 Å². The van der Waals surface area contributed by atoms with Crippen LogP contribution in [0.5, 0.6) is 0 Å². The van der Waals surface area contributed by atoms with E-state index < -0.39 is 18.1 Å². The summed E-state index contributed by atoms with van der Waals surface area (Å²) in [4.78, 5) is 29.7. The molecule has 98 valence electrons. The highest BCUT2D eigenvalue weighted by molar-refractivity contribution is 5.87. The molecule has 1 amide bonds. The van der Waals surface area contributed by atoms with Crippen LogP contribution < -0.4 is 16.8 Å². The zero-order valence-electron chi connectivity index (χ0n) is 9.26. The molecule has 0 rings (SSSR count). The molecule has 0 aromatic heterocycles. The van der Waals surface area contributed by atoms with Gasteiger partial charge in [0.2, 0.25) is 5.91 Å². The molecule has 0 aliphatic heterocycles. The number of carboxylic acid groups (broad SMARTS) is 2. The molecule has 0 saturated carbocycles. The van der Waals surface area contributed by atoms with Crippen LogP contribution in [0.2, 0.25) is 0 Å². The van der Waals surface area contributed by atoms with Gasteiger partial charge >= 0.3 is 11.9 Å². The quantitative estimate of drug-likeness (QED) is 0.281. The maximum atomic E-state index is 10.4. The minimum absolute atomic E-state index is 0.236. The summed E-state index contributed by atoms with van der Waals surface area (Å²) in [6.07, 6.45) is 0.0932. The summed E-state index contributed by atoms with van der Waals surface area (Å²) in [5.74, 6) is -2.45. The lowest BCUT2D eigenvalue weighted by Gasteiger charge is -2.07. The molecular weight excluding hydrogens is 230 g/mol. The van der Waals surface area contributed by atoms with Gasteiger partial charge < -0.3 is 27.0 Å². The summed E-state index contributed by atoms with van der Waals surface area (Å²) in [6, 6.07) is 0. The van der Waals surface area contributed by atoms with Crippen LogP contribution in [0.1, 0.15) is 12.8 Å². The molecule has 0 aliphatic carbocycles. The molecule has 8 heteroatoms. The van der Waals surface area contributed by atoms with Crippen LogP contribution in [0.3, 0.4) is 0 Å². The van der Waals surface area contributed by atoms with E-state index in [1.54, 1.807) is 0 Å². The van der Waals surface area contributed by atoms with Gasteiger partial charge in [-0.2, -0.15) is 0 Å². The fourth-order valence-electron chi connectivity index (χ4n) is 0.514. The van der Waals surface area contributed by atoms with Crippen molar-refractivity contribution in [2.45, 2.75) is 19.0 Å². The first-order valence-electron chi connectivity index (χ1n) is 4.65. The molecule has 0 radical (unpaired) electrons. The molecule has 0 fully saturated rings. The highest BCUT2D eigenvalue weighted by Gasteiger charge is 2.00. The predicted octanol–water partition coefficient (Wildman–Crippen LogP) is -1.53. The summed E-state index contributed by atoms with van der Waals surface area (Å²) >= 11 is 0. The van der Waals surface area contributed by atoms with Crippen molar-refractivity contribution in [1.29, 1.82) is 0 Å². The van der Waals surface area contributed by atoms with Gasteiger partial charge in [0.1, 0.15) is 0 Å². The standard InChI is InChI=1S/C5H11N3O.C4H6O4/c1-2-5(9)8-4(7)3-6;5-3(6)1-2-4(7)8/h2,4H,1,3,6-7H2,(H,8,9);1-2H2,(H,5,6)(H,7,8). The molecule has 0 bridgehead atoms. The molecule has 1 atom stereocenters. The second-order valence-electron chi connectivity index (χ2n) is 2.84. The van der Waals surface area contributed by atoms with Crippen molar-refractivity contribution in [3.05, 3.63) is 12.7 Å². The van der Waals surface area contributed by atoms with Crippen LogP contribution in [-0.2, 0) is 14.4 Å². The molecule has 1 unspecified atom stereocenters. The Hall–Kier alpha value is -1.93. The van der Waals surface area contributed by atoms with Crippen molar-refractivity contribution in [3.63, 3.8) is 0 Å². The van der Waals surface area contributed by atoms with E-state index in [1.807, 2.05) is 0 Å². The molecule has 0 aromatic rings. The Morgan fingerprint density at radius 3 is 1.88 bits per heavy atom. The van der Waals surface area contributed by atoms with Crippen LogP contribution >= 0.6 is 0 Å². The van der Waals surface area contributed by atoms with E-state index in [1.165, 1.54) is 0 Å². The number of rotatable bonds is 6. The molecule has 0 aromatic carbocycles. The third kappa shape index (κ3) is 16.7. The number of carbonyl (C=O) groups excluding carboxylic acids is 1. The Kier molecular flexibility index (Phi) is 10.9. The number of hydrogen-bond acceptors (Lipinski definition) is 5. The number of hydrogen-bond donors (Lipinski definition) is 5. The normalized spacial score (nSPS) is 10.5. The summed E-state index contributed by atoms with van der Waals surface area (Å²) < 4.78 is 0. The average Bonchev–Trinajstić information content (AvgIpc) is 2.26. The Labute approximate surface area is 98.3 Å². The number of carboxylic acids is 2. The van der Waals surface area contributed by atoms with E-state index in [4.69, 9.17) is 21.7 Å². The largest absolute Gasteiger partial charge is 0.481 e. The van der Waals surface area contributed by atoms with Gasteiger partial charge in [0.15, 0.2) is 0 Å². The number of nitrogens with two attached hydrogens (primary N) is 2. The van der Waals surface area contributed by atoms with Crippen LogP contribution in [-0.4, -0.2) is 40.8 Å². The lowest BCUT2D eigenvalue weighted by Crippen LogP contribution is -2.45. The highest BCUT2D eigenvalue weighted by Crippen LogP contribution is 1.86. The SMILES string of the molecule is C=CC(=O)NC(N)CN.O=C(O)CCC(=O)O. The topological polar surface area (TPSA) is 156 Å². The van der Waals surface area contributed by atoms with Gasteiger partial charge in [-0.05, 0) is 6.08 Å². The van der Waals surface area contributed by atoms with Gasteiger partial charge in [-0.15, -0.1) is 0 Å². The van der Waals surface area contributed by atoms with Crippen LogP contribution in [0.15, 0.2) is 12.7 Å². The number of nitrogens with one attached hydrogen (secondary N) is 1. The van der Waals surface area contributed by atoms with Gasteiger partial charge in [0.05, 0.1) is 19.0 Å². The van der Waals surface area contributed by atoms with E-state index in [9.17, 15) is 14.4 Å². The minimum Gasteiger partial charge on any atom is -0.481 e. The summed E-state index contributed by atoms with van der Waals surface area (Å²) in [5, 5.41) is 18.2. The van der Waals surface area contributed by atoms with Crippen LogP contribution in [0, 0.1) is 0 Å². The van der Waals surface area contributed by atoms with E-state index in [0.717, 1.165) is 6.08 Å². The maximum absolute atomic E-state index is 10.4. The van der Waals surface area contributed by atoms with Crippen molar-refractivity contribution < 1.29 is 24.6 Å². The molecule has 0 saturated heterocycles. The molecule has 0 heterocycles. The lowest BCUT2D eigenvalue weighted by atomic mass is 10.3. The summed E-state index contributed by atoms with van der Waals surface area (Å²) in [5.41, 5.74) is 10.3. The Morgan fingerprint density at radius 2 is 1.65 bits per heavy atom. The van der Waals surface area contributed by atoms with Crippen molar-refractivity contribution in [2.24, 2.45) is 11.5 Å². The van der Waals surface area contributed by atoms with Crippen LogP contribution in [0.25, 0.3) is 0 Å². The third-order valence-electron chi connectivity index (χ3n) is 1.32. The van der Waals surface area contributed by atoms with E-state index in [-0.39, 0.29) is 25.3 Å². The van der Waals surface area contributed by atoms with Gasteiger partial charge in [-0.3, -0.25) is 14.4 Å². The maximum Gasteiger partial charge on any atom is 0.303 e. The first-order valence-corrected chi connectivity index (χ1v) is 4.65. The molecule has 0 spiro atoms. The fraction of sp³-hybridized carbons (Fsp3) is 0.444. The van der Waals surface area contributed by atoms with E-state index in [2.05, 4.69) is 11.9 Å². The van der Waals surface area contributed by atoms with Gasteiger partial charge in [-0.1, -0.05) is 6.58 Å². The van der Waals surface area contributed by atoms with Gasteiger partial charge in [0, 0.05) is 6.54 Å². The average molecular weight is 247 g/mol. The molecule has 0 aliphatic rings. The predicted molar refractivity (Wildman–Crippen MR) is 59.9 cm³/mol. The fourth-order valence-corrected chi connectivity index (χ4v) is 0.514. The molecular formula is C9H17N3O5. The second kappa shape index (κ2) is 10.6. The number of aliphatic carboxylic acids is 2. The number of amides is 1. The van der Waals surface area contributed by atoms with E-state index in [0.29, 0.717) is 0 Å². The zero-order valence-corrected chi connectivity index (χ0v) is 9.26. The monoisotopic (exact) mass is 247 g/mol. The summed E-state index contributed by atoms with van der Waals surface area (Å²) in [6.45, 7) is 3.48. The molecule has 17 heavy (non-hydrogen) atoms. The summed E-state index contributed by atoms with van der Waals surface area (Å²) in [7, 11) is 0. The Morgan fingerprint density at radius 1 is 1.24 bits per heavy atom. The Bertz CT molecular complexity index is 266. The lowest BCUT2D eigenvalue weighted by molar-refractivity contribution is -0.143. The minimum atomic E-state index is -1.08. The van der Waals surface area contributed by atoms with E-state index >= 15 is 0 Å². The Balaban J connectivity index is 0. The smallest absolute Gasteiger partial charge is 0.303 e. The van der Waals surface area contributed by atoms with Crippen molar-refractivity contribution in [3.8, 4) is 0 Å². The number of carbonyl (C=O) groups is 3. The van der Waals surface area contributed by atoms with Gasteiger partial charge in [-0.25, -0.2) is 0 Å². The molecule has 7 N–H and O–H groups in total. The second-order valence-corrected chi connectivity index (χ2v) is 2.84. The van der Waals surface area contributed by atoms with Crippen molar-refractivity contribution >= 4 is 17.8 Å². The highest BCUT2D eigenvalue weighted by atomic mass is 16.4. The first-order chi connectivity index (χ1) is 7.83. The van der Waals surface area contributed by atoms with Crippen molar-refractivity contribution in [2.75, 3.05) is 6.54 Å². The third-order valence-corrected chi connectivity index (χ3v) is 1.32. The van der Waals surface area contributed by atoms with Crippen LogP contribution in [0.4, 0.5) is 0 Å². The molecule has 8 nitrogen and oxygen atoms in total. The van der Waals surface area contributed by atoms with Gasteiger partial charge in [0.25, 0.3) is 0 Å². The zero-order chi connectivity index (χ0) is 13.8.